The summed E-state index contributed by atoms with van der Waals surface area (Å²) in [5, 5.41) is 3.36. The van der Waals surface area contributed by atoms with Gasteiger partial charge in [-0.25, -0.2) is 0 Å². The van der Waals surface area contributed by atoms with Crippen molar-refractivity contribution in [2.45, 2.75) is 58.4 Å². The minimum atomic E-state index is 0.138. The first kappa shape index (κ1) is 17.3. The molecule has 1 atom stereocenters. The molecule has 0 aromatic carbocycles. The van der Waals surface area contributed by atoms with Crippen LogP contribution in [0.15, 0.2) is 0 Å². The number of nitrogens with one attached hydrogen (secondary N) is 1. The highest BCUT2D eigenvalue weighted by molar-refractivity contribution is 5.78. The van der Waals surface area contributed by atoms with Crippen molar-refractivity contribution in [3.8, 4) is 0 Å². The molecule has 0 spiro atoms. The molecule has 5 nitrogen and oxygen atoms in total. The van der Waals surface area contributed by atoms with Gasteiger partial charge >= 0.3 is 0 Å². The molecule has 0 aromatic rings. The van der Waals surface area contributed by atoms with E-state index in [1.807, 2.05) is 4.90 Å². The first-order valence-electron chi connectivity index (χ1n) is 10.2. The molecule has 4 saturated carbocycles. The third-order valence-electron chi connectivity index (χ3n) is 7.57. The summed E-state index contributed by atoms with van der Waals surface area (Å²) in [5.74, 6) is 3.07. The maximum atomic E-state index is 12.6. The molecule has 1 heterocycles. The molecule has 5 aliphatic rings. The van der Waals surface area contributed by atoms with Gasteiger partial charge in [0.1, 0.15) is 0 Å². The van der Waals surface area contributed by atoms with Crippen LogP contribution in [0.4, 0.5) is 0 Å². The SMILES string of the molecule is CC(=O)N1CCN(CC(=O)N[C@H](C)C23CC4CC(CC(C4)C2)C3)CC1. The van der Waals surface area contributed by atoms with E-state index in [1.54, 1.807) is 6.92 Å². The Morgan fingerprint density at radius 2 is 1.52 bits per heavy atom. The Labute approximate surface area is 151 Å². The van der Waals surface area contributed by atoms with Crippen LogP contribution in [0.2, 0.25) is 0 Å². The fourth-order valence-electron chi connectivity index (χ4n) is 6.57. The predicted molar refractivity (Wildman–Crippen MR) is 96.9 cm³/mol. The van der Waals surface area contributed by atoms with E-state index < -0.39 is 0 Å². The number of nitrogens with zero attached hydrogens (tertiary/aromatic N) is 2. The van der Waals surface area contributed by atoms with E-state index in [0.29, 0.717) is 18.0 Å². The van der Waals surface area contributed by atoms with Gasteiger partial charge in [-0.3, -0.25) is 14.5 Å². The summed E-state index contributed by atoms with van der Waals surface area (Å²) in [5.41, 5.74) is 0.373. The topological polar surface area (TPSA) is 52.7 Å². The number of hydrogen-bond donors (Lipinski definition) is 1. The van der Waals surface area contributed by atoms with Gasteiger partial charge < -0.3 is 10.2 Å². The zero-order chi connectivity index (χ0) is 17.6. The molecule has 0 unspecified atom stereocenters. The van der Waals surface area contributed by atoms with Crippen molar-refractivity contribution in [3.63, 3.8) is 0 Å². The molecule has 25 heavy (non-hydrogen) atoms. The van der Waals surface area contributed by atoms with E-state index in [2.05, 4.69) is 17.1 Å². The molecular formula is C20H33N3O2. The van der Waals surface area contributed by atoms with Gasteiger partial charge in [0.2, 0.25) is 11.8 Å². The van der Waals surface area contributed by atoms with Crippen molar-refractivity contribution < 1.29 is 9.59 Å². The Kier molecular flexibility index (Phi) is 4.55. The molecule has 0 aromatic heterocycles. The summed E-state index contributed by atoms with van der Waals surface area (Å²) in [7, 11) is 0. The molecule has 5 fully saturated rings. The van der Waals surface area contributed by atoms with Gasteiger partial charge in [-0.15, -0.1) is 0 Å². The molecular weight excluding hydrogens is 314 g/mol. The van der Waals surface area contributed by atoms with Crippen LogP contribution in [0.3, 0.4) is 0 Å². The first-order valence-corrected chi connectivity index (χ1v) is 10.2. The highest BCUT2D eigenvalue weighted by Gasteiger charge is 2.53. The van der Waals surface area contributed by atoms with Crippen LogP contribution < -0.4 is 5.32 Å². The molecule has 1 saturated heterocycles. The van der Waals surface area contributed by atoms with Gasteiger partial charge in [0, 0.05) is 39.1 Å². The summed E-state index contributed by atoms with van der Waals surface area (Å²) in [6, 6.07) is 0.298. The number of amides is 2. The molecule has 140 valence electrons. The lowest BCUT2D eigenvalue weighted by Crippen LogP contribution is -2.57. The van der Waals surface area contributed by atoms with Crippen LogP contribution in [0, 0.1) is 23.2 Å². The fraction of sp³-hybridized carbons (Fsp3) is 0.900. The molecule has 5 rings (SSSR count). The minimum Gasteiger partial charge on any atom is -0.352 e. The van der Waals surface area contributed by atoms with E-state index in [9.17, 15) is 9.59 Å². The second-order valence-electron chi connectivity index (χ2n) is 9.35. The molecule has 1 N–H and O–H groups in total. The number of carbonyl (C=O) groups excluding carboxylic acids is 2. The normalized spacial score (nSPS) is 38.6. The monoisotopic (exact) mass is 347 g/mol. The summed E-state index contributed by atoms with van der Waals surface area (Å²) in [4.78, 5) is 28.1. The zero-order valence-electron chi connectivity index (χ0n) is 15.8. The minimum absolute atomic E-state index is 0.138. The molecule has 5 heteroatoms. The van der Waals surface area contributed by atoms with Gasteiger partial charge in [-0.05, 0) is 68.6 Å². The molecule has 4 bridgehead atoms. The van der Waals surface area contributed by atoms with Crippen molar-refractivity contribution in [3.05, 3.63) is 0 Å². The fourth-order valence-corrected chi connectivity index (χ4v) is 6.57. The summed E-state index contributed by atoms with van der Waals surface area (Å²) in [6.45, 7) is 7.44. The maximum Gasteiger partial charge on any atom is 0.234 e. The van der Waals surface area contributed by atoms with E-state index in [0.717, 1.165) is 43.9 Å². The van der Waals surface area contributed by atoms with Crippen LogP contribution >= 0.6 is 0 Å². The van der Waals surface area contributed by atoms with Gasteiger partial charge in [-0.2, -0.15) is 0 Å². The molecule has 1 aliphatic heterocycles. The third kappa shape index (κ3) is 3.44. The van der Waals surface area contributed by atoms with Crippen molar-refractivity contribution >= 4 is 11.8 Å². The van der Waals surface area contributed by atoms with Crippen molar-refractivity contribution in [2.24, 2.45) is 23.2 Å². The number of rotatable bonds is 4. The second kappa shape index (κ2) is 6.57. The third-order valence-corrected chi connectivity index (χ3v) is 7.57. The molecule has 0 radical (unpaired) electrons. The van der Waals surface area contributed by atoms with Gasteiger partial charge in [0.05, 0.1) is 6.54 Å². The zero-order valence-corrected chi connectivity index (χ0v) is 15.8. The maximum absolute atomic E-state index is 12.6. The van der Waals surface area contributed by atoms with Crippen LogP contribution in [-0.4, -0.2) is 60.4 Å². The largest absolute Gasteiger partial charge is 0.352 e. The Hall–Kier alpha value is -1.10. The predicted octanol–water partition coefficient (Wildman–Crippen LogP) is 1.87. The van der Waals surface area contributed by atoms with Crippen LogP contribution in [0.25, 0.3) is 0 Å². The lowest BCUT2D eigenvalue weighted by molar-refractivity contribution is -0.131. The average Bonchev–Trinajstić information content (AvgIpc) is 2.54. The quantitative estimate of drug-likeness (QED) is 0.845. The Balaban J connectivity index is 1.29. The van der Waals surface area contributed by atoms with Crippen molar-refractivity contribution in [2.75, 3.05) is 32.7 Å². The van der Waals surface area contributed by atoms with Crippen LogP contribution in [0.1, 0.15) is 52.4 Å². The van der Waals surface area contributed by atoms with Crippen molar-refractivity contribution in [1.82, 2.24) is 15.1 Å². The highest BCUT2D eigenvalue weighted by Crippen LogP contribution is 2.61. The second-order valence-corrected chi connectivity index (χ2v) is 9.35. The number of carbonyl (C=O) groups is 2. The Morgan fingerprint density at radius 3 is 2.00 bits per heavy atom. The number of hydrogen-bond acceptors (Lipinski definition) is 3. The summed E-state index contributed by atoms with van der Waals surface area (Å²) >= 11 is 0. The van der Waals surface area contributed by atoms with E-state index in [1.165, 1.54) is 38.5 Å². The highest BCUT2D eigenvalue weighted by atomic mass is 16.2. The van der Waals surface area contributed by atoms with E-state index in [-0.39, 0.29) is 11.8 Å². The Morgan fingerprint density at radius 1 is 1.00 bits per heavy atom. The Bertz CT molecular complexity index is 504. The standard InChI is InChI=1S/C20H33N3O2/c1-14(20-10-16-7-17(11-20)9-18(8-16)12-20)21-19(25)13-22-3-5-23(6-4-22)15(2)24/h14,16-18H,3-13H2,1-2H3,(H,21,25)/t14-,16?,17?,18?,20?/m1/s1. The van der Waals surface area contributed by atoms with Gasteiger partial charge in [-0.1, -0.05) is 0 Å². The van der Waals surface area contributed by atoms with E-state index >= 15 is 0 Å². The van der Waals surface area contributed by atoms with Gasteiger partial charge in [0.25, 0.3) is 0 Å². The summed E-state index contributed by atoms with van der Waals surface area (Å²) < 4.78 is 0. The smallest absolute Gasteiger partial charge is 0.234 e. The summed E-state index contributed by atoms with van der Waals surface area (Å²) in [6.07, 6.45) is 8.33. The average molecular weight is 348 g/mol. The van der Waals surface area contributed by atoms with Crippen LogP contribution in [-0.2, 0) is 9.59 Å². The molecule has 4 aliphatic carbocycles. The number of piperazine rings is 1. The van der Waals surface area contributed by atoms with Gasteiger partial charge in [0.15, 0.2) is 0 Å². The molecule has 2 amide bonds. The van der Waals surface area contributed by atoms with Crippen molar-refractivity contribution in [1.29, 1.82) is 0 Å². The van der Waals surface area contributed by atoms with E-state index in [4.69, 9.17) is 0 Å². The lowest BCUT2D eigenvalue weighted by atomic mass is 9.48. The first-order chi connectivity index (χ1) is 11.9. The van der Waals surface area contributed by atoms with Crippen LogP contribution in [0.5, 0.6) is 0 Å². The lowest BCUT2D eigenvalue weighted by Gasteiger charge is -2.59.